The lowest BCUT2D eigenvalue weighted by atomic mass is 10.1. The molecule has 0 aliphatic heterocycles. The van der Waals surface area contributed by atoms with Crippen LogP contribution >= 0.6 is 24.0 Å². The molecule has 1 amide bonds. The molecule has 0 fully saturated rings. The molecule has 1 unspecified atom stereocenters. The zero-order valence-corrected chi connectivity index (χ0v) is 12.8. The van der Waals surface area contributed by atoms with Crippen molar-refractivity contribution in [2.24, 2.45) is 5.73 Å². The maximum Gasteiger partial charge on any atom is 0.220 e. The van der Waals surface area contributed by atoms with Gasteiger partial charge in [-0.1, -0.05) is 23.7 Å². The molecular weight excluding hydrogens is 283 g/mol. The second kappa shape index (κ2) is 10.1. The lowest BCUT2D eigenvalue weighted by Crippen LogP contribution is -2.26. The van der Waals surface area contributed by atoms with Crippen LogP contribution in [0.4, 0.5) is 0 Å². The van der Waals surface area contributed by atoms with E-state index in [0.717, 1.165) is 24.3 Å². The molecule has 0 aliphatic carbocycles. The van der Waals surface area contributed by atoms with Crippen LogP contribution in [-0.2, 0) is 11.2 Å². The number of benzene rings is 1. The molecule has 5 heteroatoms. The third kappa shape index (κ3) is 8.87. The molecule has 19 heavy (non-hydrogen) atoms. The van der Waals surface area contributed by atoms with E-state index in [1.807, 2.05) is 31.2 Å². The highest BCUT2D eigenvalue weighted by molar-refractivity contribution is 6.30. The van der Waals surface area contributed by atoms with Crippen LogP contribution in [0.25, 0.3) is 0 Å². The van der Waals surface area contributed by atoms with Gasteiger partial charge in [0.15, 0.2) is 0 Å². The van der Waals surface area contributed by atoms with Gasteiger partial charge in [0.1, 0.15) is 0 Å². The van der Waals surface area contributed by atoms with Crippen LogP contribution in [0.1, 0.15) is 31.7 Å². The number of carbonyl (C=O) groups excluding carboxylic acids is 1. The molecule has 0 aliphatic rings. The molecule has 0 bridgehead atoms. The Morgan fingerprint density at radius 2 is 2.00 bits per heavy atom. The SMILES string of the molecule is CC(N)CCC(=O)NCCCc1ccc(Cl)cc1.Cl. The summed E-state index contributed by atoms with van der Waals surface area (Å²) in [6, 6.07) is 7.89. The third-order valence-electron chi connectivity index (χ3n) is 2.70. The van der Waals surface area contributed by atoms with Crippen LogP contribution in [0.2, 0.25) is 5.02 Å². The molecule has 108 valence electrons. The molecule has 0 heterocycles. The summed E-state index contributed by atoms with van der Waals surface area (Å²) in [5.74, 6) is 0.0865. The van der Waals surface area contributed by atoms with E-state index in [1.54, 1.807) is 0 Å². The normalized spacial score (nSPS) is 11.5. The van der Waals surface area contributed by atoms with Gasteiger partial charge in [0.05, 0.1) is 0 Å². The predicted molar refractivity (Wildman–Crippen MR) is 82.9 cm³/mol. The van der Waals surface area contributed by atoms with Crippen molar-refractivity contribution in [1.82, 2.24) is 5.32 Å². The number of rotatable bonds is 7. The molecule has 0 radical (unpaired) electrons. The van der Waals surface area contributed by atoms with Gasteiger partial charge in [-0.3, -0.25) is 4.79 Å². The number of nitrogens with one attached hydrogen (secondary N) is 1. The molecule has 0 spiro atoms. The van der Waals surface area contributed by atoms with Crippen molar-refractivity contribution in [3.8, 4) is 0 Å². The van der Waals surface area contributed by atoms with Crippen molar-refractivity contribution < 1.29 is 4.79 Å². The maximum absolute atomic E-state index is 11.4. The number of amides is 1. The van der Waals surface area contributed by atoms with Gasteiger partial charge in [-0.25, -0.2) is 0 Å². The summed E-state index contributed by atoms with van der Waals surface area (Å²) in [5, 5.41) is 3.65. The Labute approximate surface area is 126 Å². The van der Waals surface area contributed by atoms with Gasteiger partial charge in [0, 0.05) is 24.0 Å². The van der Waals surface area contributed by atoms with Crippen LogP contribution in [0, 0.1) is 0 Å². The Morgan fingerprint density at radius 1 is 1.37 bits per heavy atom. The van der Waals surface area contributed by atoms with Crippen LogP contribution in [-0.4, -0.2) is 18.5 Å². The molecule has 0 aromatic heterocycles. The zero-order valence-electron chi connectivity index (χ0n) is 11.2. The van der Waals surface area contributed by atoms with E-state index in [4.69, 9.17) is 17.3 Å². The smallest absolute Gasteiger partial charge is 0.220 e. The summed E-state index contributed by atoms with van der Waals surface area (Å²) in [4.78, 5) is 11.4. The highest BCUT2D eigenvalue weighted by Gasteiger charge is 2.02. The zero-order chi connectivity index (χ0) is 13.4. The van der Waals surface area contributed by atoms with Crippen LogP contribution < -0.4 is 11.1 Å². The first-order chi connectivity index (χ1) is 8.58. The molecule has 1 aromatic rings. The van der Waals surface area contributed by atoms with Crippen LogP contribution in [0.15, 0.2) is 24.3 Å². The van der Waals surface area contributed by atoms with Gasteiger partial charge in [-0.05, 0) is 43.9 Å². The van der Waals surface area contributed by atoms with E-state index in [9.17, 15) is 4.79 Å². The largest absolute Gasteiger partial charge is 0.356 e. The molecule has 1 atom stereocenters. The minimum atomic E-state index is 0. The average Bonchev–Trinajstić information content (AvgIpc) is 2.34. The molecular formula is C14H22Cl2N2O. The highest BCUT2D eigenvalue weighted by Crippen LogP contribution is 2.10. The van der Waals surface area contributed by atoms with Crippen molar-refractivity contribution in [3.63, 3.8) is 0 Å². The summed E-state index contributed by atoms with van der Waals surface area (Å²) >= 11 is 5.81. The van der Waals surface area contributed by atoms with Gasteiger partial charge in [0.2, 0.25) is 5.91 Å². The third-order valence-corrected chi connectivity index (χ3v) is 2.96. The first-order valence-corrected chi connectivity index (χ1v) is 6.72. The predicted octanol–water partition coefficient (Wildman–Crippen LogP) is 2.94. The number of halogens is 2. The van der Waals surface area contributed by atoms with Gasteiger partial charge < -0.3 is 11.1 Å². The lowest BCUT2D eigenvalue weighted by molar-refractivity contribution is -0.121. The van der Waals surface area contributed by atoms with E-state index in [1.165, 1.54) is 5.56 Å². The number of hydrogen-bond donors (Lipinski definition) is 2. The Kier molecular flexibility index (Phi) is 9.66. The fourth-order valence-electron chi connectivity index (χ4n) is 1.62. The fraction of sp³-hybridized carbons (Fsp3) is 0.500. The molecule has 0 saturated carbocycles. The van der Waals surface area contributed by atoms with E-state index < -0.39 is 0 Å². The topological polar surface area (TPSA) is 55.1 Å². The van der Waals surface area contributed by atoms with Gasteiger partial charge >= 0.3 is 0 Å². The minimum absolute atomic E-state index is 0. The summed E-state index contributed by atoms with van der Waals surface area (Å²) in [5.41, 5.74) is 6.83. The average molecular weight is 305 g/mol. The number of nitrogens with two attached hydrogens (primary N) is 1. The van der Waals surface area contributed by atoms with Gasteiger partial charge in [-0.15, -0.1) is 12.4 Å². The number of hydrogen-bond acceptors (Lipinski definition) is 2. The van der Waals surface area contributed by atoms with Crippen LogP contribution in [0.3, 0.4) is 0 Å². The highest BCUT2D eigenvalue weighted by atomic mass is 35.5. The first-order valence-electron chi connectivity index (χ1n) is 6.34. The second-order valence-electron chi connectivity index (χ2n) is 4.60. The summed E-state index contributed by atoms with van der Waals surface area (Å²) in [6.07, 6.45) is 3.14. The Hall–Kier alpha value is -0.770. The maximum atomic E-state index is 11.4. The quantitative estimate of drug-likeness (QED) is 0.761. The summed E-state index contributed by atoms with van der Waals surface area (Å²) in [6.45, 7) is 2.62. The Bertz CT molecular complexity index is 366. The molecule has 3 nitrogen and oxygen atoms in total. The van der Waals surface area contributed by atoms with E-state index in [-0.39, 0.29) is 24.4 Å². The fourth-order valence-corrected chi connectivity index (χ4v) is 1.74. The molecule has 1 rings (SSSR count). The van der Waals surface area contributed by atoms with E-state index >= 15 is 0 Å². The monoisotopic (exact) mass is 304 g/mol. The van der Waals surface area contributed by atoms with Gasteiger partial charge in [-0.2, -0.15) is 0 Å². The summed E-state index contributed by atoms with van der Waals surface area (Å²) in [7, 11) is 0. The number of aryl methyl sites for hydroxylation is 1. The van der Waals surface area contributed by atoms with E-state index in [2.05, 4.69) is 5.32 Å². The first kappa shape index (κ1) is 18.2. The van der Waals surface area contributed by atoms with Crippen molar-refractivity contribution in [2.45, 2.75) is 38.6 Å². The van der Waals surface area contributed by atoms with Crippen molar-refractivity contribution in [3.05, 3.63) is 34.9 Å². The second-order valence-corrected chi connectivity index (χ2v) is 5.03. The van der Waals surface area contributed by atoms with Crippen molar-refractivity contribution in [2.75, 3.05) is 6.54 Å². The Morgan fingerprint density at radius 3 is 2.58 bits per heavy atom. The van der Waals surface area contributed by atoms with Crippen LogP contribution in [0.5, 0.6) is 0 Å². The van der Waals surface area contributed by atoms with E-state index in [0.29, 0.717) is 13.0 Å². The van der Waals surface area contributed by atoms with Crippen molar-refractivity contribution in [1.29, 1.82) is 0 Å². The molecule has 0 saturated heterocycles. The minimum Gasteiger partial charge on any atom is -0.356 e. The number of carbonyl (C=O) groups is 1. The lowest BCUT2D eigenvalue weighted by Gasteiger charge is -2.07. The Balaban J connectivity index is 0.00000324. The standard InChI is InChI=1S/C14H21ClN2O.ClH/c1-11(16)4-9-14(18)17-10-2-3-12-5-7-13(15)8-6-12;/h5-8,11H,2-4,9-10,16H2,1H3,(H,17,18);1H. The molecule has 1 aromatic carbocycles. The van der Waals surface area contributed by atoms with Crippen molar-refractivity contribution >= 4 is 29.9 Å². The summed E-state index contributed by atoms with van der Waals surface area (Å²) < 4.78 is 0. The molecule has 3 N–H and O–H groups in total. The van der Waals surface area contributed by atoms with Gasteiger partial charge in [0.25, 0.3) is 0 Å².